The van der Waals surface area contributed by atoms with E-state index in [9.17, 15) is 9.59 Å². The van der Waals surface area contributed by atoms with Crippen molar-refractivity contribution in [1.82, 2.24) is 10.3 Å². The van der Waals surface area contributed by atoms with Gasteiger partial charge in [-0.15, -0.1) is 23.7 Å². The molecular weight excluding hydrogens is 371 g/mol. The van der Waals surface area contributed by atoms with Gasteiger partial charge in [-0.05, 0) is 31.2 Å². The van der Waals surface area contributed by atoms with Gasteiger partial charge in [0.1, 0.15) is 5.69 Å². The van der Waals surface area contributed by atoms with Crippen molar-refractivity contribution in [3.8, 4) is 0 Å². The fourth-order valence-electron chi connectivity index (χ4n) is 1.82. The number of halogens is 2. The Hall–Kier alpha value is -1.67. The first-order chi connectivity index (χ1) is 11.0. The molecule has 1 aromatic carbocycles. The Balaban J connectivity index is 0.00000288. The second-order valence-corrected chi connectivity index (χ2v) is 6.23. The van der Waals surface area contributed by atoms with Gasteiger partial charge >= 0.3 is 0 Å². The van der Waals surface area contributed by atoms with Gasteiger partial charge < -0.3 is 16.4 Å². The quantitative estimate of drug-likeness (QED) is 0.707. The van der Waals surface area contributed by atoms with E-state index in [1.165, 1.54) is 11.3 Å². The van der Waals surface area contributed by atoms with E-state index in [-0.39, 0.29) is 24.9 Å². The third-order valence-electron chi connectivity index (χ3n) is 2.95. The molecule has 1 heterocycles. The monoisotopic (exact) mass is 388 g/mol. The molecule has 9 heteroatoms. The molecule has 24 heavy (non-hydrogen) atoms. The van der Waals surface area contributed by atoms with Gasteiger partial charge in [-0.1, -0.05) is 17.7 Å². The van der Waals surface area contributed by atoms with Gasteiger partial charge in [-0.3, -0.25) is 9.59 Å². The van der Waals surface area contributed by atoms with E-state index in [2.05, 4.69) is 15.6 Å². The molecule has 1 aromatic heterocycles. The molecule has 0 saturated heterocycles. The van der Waals surface area contributed by atoms with Gasteiger partial charge in [-0.25, -0.2) is 4.98 Å². The first kappa shape index (κ1) is 20.4. The summed E-state index contributed by atoms with van der Waals surface area (Å²) in [6, 6.07) is 5.31. The van der Waals surface area contributed by atoms with E-state index in [1.54, 1.807) is 17.5 Å². The zero-order chi connectivity index (χ0) is 16.8. The van der Waals surface area contributed by atoms with E-state index >= 15 is 0 Å². The fraction of sp³-hybridized carbons (Fsp3) is 0.267. The predicted molar refractivity (Wildman–Crippen MR) is 99.3 cm³/mol. The smallest absolute Gasteiger partial charge is 0.271 e. The Bertz CT molecular complexity index is 721. The largest absolute Gasteiger partial charge is 0.342 e. The van der Waals surface area contributed by atoms with Crippen molar-refractivity contribution in [3.05, 3.63) is 44.9 Å². The summed E-state index contributed by atoms with van der Waals surface area (Å²) < 4.78 is 0. The number of nitrogens with two attached hydrogens (primary N) is 1. The van der Waals surface area contributed by atoms with Crippen LogP contribution < -0.4 is 16.4 Å². The molecule has 0 aliphatic rings. The van der Waals surface area contributed by atoms with E-state index in [0.29, 0.717) is 29.4 Å². The van der Waals surface area contributed by atoms with Gasteiger partial charge in [0.25, 0.3) is 5.91 Å². The maximum Gasteiger partial charge on any atom is 0.271 e. The Morgan fingerprint density at radius 1 is 1.38 bits per heavy atom. The number of nitrogens with zero attached hydrogens (tertiary/aromatic N) is 1. The zero-order valence-electron chi connectivity index (χ0n) is 13.0. The van der Waals surface area contributed by atoms with Crippen molar-refractivity contribution in [2.75, 3.05) is 18.4 Å². The summed E-state index contributed by atoms with van der Waals surface area (Å²) in [4.78, 5) is 28.0. The van der Waals surface area contributed by atoms with Crippen LogP contribution in [-0.4, -0.2) is 29.9 Å². The number of aryl methyl sites for hydroxylation is 1. The molecule has 0 atom stereocenters. The predicted octanol–water partition coefficient (Wildman–Crippen LogP) is 2.40. The first-order valence-electron chi connectivity index (χ1n) is 6.98. The lowest BCUT2D eigenvalue weighted by molar-refractivity contribution is -0.115. The van der Waals surface area contributed by atoms with E-state index < -0.39 is 5.91 Å². The highest BCUT2D eigenvalue weighted by Gasteiger charge is 2.12. The van der Waals surface area contributed by atoms with Gasteiger partial charge in [-0.2, -0.15) is 0 Å². The van der Waals surface area contributed by atoms with Crippen LogP contribution >= 0.6 is 35.3 Å². The van der Waals surface area contributed by atoms with Gasteiger partial charge in [0.2, 0.25) is 5.91 Å². The highest BCUT2D eigenvalue weighted by atomic mass is 35.5. The molecule has 0 aliphatic carbocycles. The molecule has 0 fully saturated rings. The van der Waals surface area contributed by atoms with E-state index in [4.69, 9.17) is 17.3 Å². The Kier molecular flexibility index (Phi) is 8.14. The molecule has 2 aromatic rings. The van der Waals surface area contributed by atoms with Gasteiger partial charge in [0, 0.05) is 11.8 Å². The third-order valence-corrected chi connectivity index (χ3v) is 4.17. The number of benzene rings is 1. The second-order valence-electron chi connectivity index (χ2n) is 4.88. The molecule has 0 spiro atoms. The van der Waals surface area contributed by atoms with E-state index in [1.807, 2.05) is 13.0 Å². The molecule has 6 nitrogen and oxygen atoms in total. The number of amides is 2. The van der Waals surface area contributed by atoms with Crippen molar-refractivity contribution in [3.63, 3.8) is 0 Å². The fourth-order valence-corrected chi connectivity index (χ4v) is 2.90. The third kappa shape index (κ3) is 5.76. The number of carbonyl (C=O) groups is 2. The number of nitrogens with one attached hydrogen (secondary N) is 2. The van der Waals surface area contributed by atoms with Crippen LogP contribution in [0.3, 0.4) is 0 Å². The lowest BCUT2D eigenvalue weighted by atomic mass is 10.2. The van der Waals surface area contributed by atoms with Crippen LogP contribution in [0.1, 0.15) is 21.1 Å². The number of carbonyl (C=O) groups excluding carboxylic acids is 2. The van der Waals surface area contributed by atoms with Crippen LogP contribution in [-0.2, 0) is 11.2 Å². The topological polar surface area (TPSA) is 97.1 Å². The van der Waals surface area contributed by atoms with Crippen LogP contribution in [0.4, 0.5) is 5.69 Å². The average Bonchev–Trinajstić information content (AvgIpc) is 2.97. The normalized spacial score (nSPS) is 9.96. The van der Waals surface area contributed by atoms with Crippen molar-refractivity contribution in [2.24, 2.45) is 5.73 Å². The zero-order valence-corrected chi connectivity index (χ0v) is 15.4. The molecule has 2 amide bonds. The average molecular weight is 389 g/mol. The SMILES string of the molecule is Cc1ccc(NC(=O)CNC(=O)c2csc(CCN)n2)c(Cl)c1.Cl. The maximum atomic E-state index is 11.9. The number of hydrogen-bond acceptors (Lipinski definition) is 5. The standard InChI is InChI=1S/C15H17ClN4O2S.ClH/c1-9-2-3-11(10(16)6-9)19-13(21)7-18-15(22)12-8-23-14(20-12)4-5-17;/h2-3,6,8H,4-5,7,17H2,1H3,(H,18,22)(H,19,21);1H. The number of aromatic nitrogens is 1. The Labute approximate surface area is 155 Å². The molecule has 130 valence electrons. The lowest BCUT2D eigenvalue weighted by Crippen LogP contribution is -2.33. The molecular formula is C15H18Cl2N4O2S. The number of thiazole rings is 1. The summed E-state index contributed by atoms with van der Waals surface area (Å²) in [5.41, 5.74) is 7.24. The molecule has 0 unspecified atom stereocenters. The minimum atomic E-state index is -0.394. The highest BCUT2D eigenvalue weighted by Crippen LogP contribution is 2.22. The van der Waals surface area contributed by atoms with Crippen molar-refractivity contribution in [2.45, 2.75) is 13.3 Å². The lowest BCUT2D eigenvalue weighted by Gasteiger charge is -2.08. The van der Waals surface area contributed by atoms with Crippen LogP contribution in [0, 0.1) is 6.92 Å². The minimum absolute atomic E-state index is 0. The Morgan fingerprint density at radius 2 is 2.12 bits per heavy atom. The molecule has 4 N–H and O–H groups in total. The summed E-state index contributed by atoms with van der Waals surface area (Å²) in [5.74, 6) is -0.754. The second kappa shape index (κ2) is 9.58. The van der Waals surface area contributed by atoms with Crippen LogP contribution in [0.15, 0.2) is 23.6 Å². The molecule has 2 rings (SSSR count). The summed E-state index contributed by atoms with van der Waals surface area (Å²) >= 11 is 7.42. The summed E-state index contributed by atoms with van der Waals surface area (Å²) in [6.45, 7) is 2.23. The minimum Gasteiger partial charge on any atom is -0.342 e. The summed E-state index contributed by atoms with van der Waals surface area (Å²) in [5, 5.41) is 8.08. The highest BCUT2D eigenvalue weighted by molar-refractivity contribution is 7.09. The first-order valence-corrected chi connectivity index (χ1v) is 8.24. The summed E-state index contributed by atoms with van der Waals surface area (Å²) in [6.07, 6.45) is 0.629. The van der Waals surface area contributed by atoms with Crippen molar-refractivity contribution < 1.29 is 9.59 Å². The Morgan fingerprint density at radius 3 is 2.79 bits per heavy atom. The van der Waals surface area contributed by atoms with Crippen LogP contribution in [0.25, 0.3) is 0 Å². The number of rotatable bonds is 6. The van der Waals surface area contributed by atoms with E-state index in [0.717, 1.165) is 10.6 Å². The van der Waals surface area contributed by atoms with Gasteiger partial charge in [0.05, 0.1) is 22.3 Å². The maximum absolute atomic E-state index is 11.9. The summed E-state index contributed by atoms with van der Waals surface area (Å²) in [7, 11) is 0. The number of anilines is 1. The molecule has 0 radical (unpaired) electrons. The van der Waals surface area contributed by atoms with Gasteiger partial charge in [0.15, 0.2) is 0 Å². The molecule has 0 bridgehead atoms. The van der Waals surface area contributed by atoms with Crippen molar-refractivity contribution >= 4 is 52.8 Å². The number of hydrogen-bond donors (Lipinski definition) is 3. The van der Waals surface area contributed by atoms with Crippen LogP contribution in [0.2, 0.25) is 5.02 Å². The molecule has 0 saturated carbocycles. The molecule has 0 aliphatic heterocycles. The van der Waals surface area contributed by atoms with Crippen molar-refractivity contribution in [1.29, 1.82) is 0 Å². The van der Waals surface area contributed by atoms with Crippen LogP contribution in [0.5, 0.6) is 0 Å².